The SMILES string of the molecule is C=CCn1c(=NC(=O)C2CCCN(S(=O)(=O)c3cccs3)C2)sc2c(OC)ccc(OC)c21. The van der Waals surface area contributed by atoms with Gasteiger partial charge in [0.15, 0.2) is 4.80 Å². The van der Waals surface area contributed by atoms with Crippen molar-refractivity contribution in [2.45, 2.75) is 23.6 Å². The zero-order valence-corrected chi connectivity index (χ0v) is 20.8. The number of methoxy groups -OCH3 is 2. The Morgan fingerprint density at radius 1 is 1.27 bits per heavy atom. The van der Waals surface area contributed by atoms with Crippen LogP contribution in [0.4, 0.5) is 0 Å². The Balaban J connectivity index is 1.71. The molecule has 1 aromatic carbocycles. The number of rotatable bonds is 7. The van der Waals surface area contributed by atoms with Crippen LogP contribution in [0.5, 0.6) is 11.5 Å². The van der Waals surface area contributed by atoms with Gasteiger partial charge >= 0.3 is 0 Å². The summed E-state index contributed by atoms with van der Waals surface area (Å²) in [6.45, 7) is 4.78. The molecule has 176 valence electrons. The number of nitrogens with zero attached hydrogens (tertiary/aromatic N) is 3. The minimum Gasteiger partial charge on any atom is -0.495 e. The van der Waals surface area contributed by atoms with Crippen LogP contribution in [0.15, 0.2) is 51.5 Å². The van der Waals surface area contributed by atoms with Crippen LogP contribution in [-0.4, -0.2) is 50.5 Å². The molecule has 4 rings (SSSR count). The van der Waals surface area contributed by atoms with Gasteiger partial charge in [-0.15, -0.1) is 17.9 Å². The van der Waals surface area contributed by atoms with Gasteiger partial charge in [0.1, 0.15) is 25.9 Å². The Hall–Kier alpha value is -2.47. The molecular weight excluding hydrogens is 482 g/mol. The molecule has 1 atom stereocenters. The summed E-state index contributed by atoms with van der Waals surface area (Å²) in [6.07, 6.45) is 2.93. The first-order valence-corrected chi connectivity index (χ1v) is 13.5. The van der Waals surface area contributed by atoms with Crippen molar-refractivity contribution < 1.29 is 22.7 Å². The Morgan fingerprint density at radius 2 is 2.03 bits per heavy atom. The monoisotopic (exact) mass is 507 g/mol. The van der Waals surface area contributed by atoms with Crippen molar-refractivity contribution in [1.82, 2.24) is 8.87 Å². The molecule has 0 aliphatic carbocycles. The summed E-state index contributed by atoms with van der Waals surface area (Å²) in [5, 5.41) is 1.73. The third-order valence-corrected chi connectivity index (χ3v) is 9.86. The number of sulfonamides is 1. The molecule has 8 nitrogen and oxygen atoms in total. The van der Waals surface area contributed by atoms with E-state index >= 15 is 0 Å². The van der Waals surface area contributed by atoms with E-state index in [9.17, 15) is 13.2 Å². The van der Waals surface area contributed by atoms with Crippen molar-refractivity contribution in [2.24, 2.45) is 10.9 Å². The number of amides is 1. The van der Waals surface area contributed by atoms with Gasteiger partial charge in [-0.2, -0.15) is 9.30 Å². The summed E-state index contributed by atoms with van der Waals surface area (Å²) in [4.78, 5) is 18.1. The van der Waals surface area contributed by atoms with Crippen molar-refractivity contribution in [3.63, 3.8) is 0 Å². The number of carbonyl (C=O) groups excluding carboxylic acids is 1. The van der Waals surface area contributed by atoms with E-state index in [1.807, 2.05) is 16.7 Å². The highest BCUT2D eigenvalue weighted by atomic mass is 32.2. The third-order valence-electron chi connectivity index (χ3n) is 5.53. The lowest BCUT2D eigenvalue weighted by molar-refractivity contribution is -0.122. The number of carbonyl (C=O) groups is 1. The molecule has 0 radical (unpaired) electrons. The van der Waals surface area contributed by atoms with Crippen molar-refractivity contribution in [3.8, 4) is 11.5 Å². The molecule has 1 aliphatic rings. The summed E-state index contributed by atoms with van der Waals surface area (Å²) in [5.41, 5.74) is 0.777. The van der Waals surface area contributed by atoms with Crippen molar-refractivity contribution in [2.75, 3.05) is 27.3 Å². The average molecular weight is 508 g/mol. The first kappa shape index (κ1) is 23.7. The highest BCUT2D eigenvalue weighted by molar-refractivity contribution is 7.91. The number of hydrogen-bond acceptors (Lipinski definition) is 7. The van der Waals surface area contributed by atoms with Crippen LogP contribution in [-0.2, 0) is 21.4 Å². The average Bonchev–Trinajstić information content (AvgIpc) is 3.48. The summed E-state index contributed by atoms with van der Waals surface area (Å²) in [7, 11) is -0.428. The van der Waals surface area contributed by atoms with Gasteiger partial charge in [0.25, 0.3) is 15.9 Å². The molecule has 1 unspecified atom stereocenters. The fourth-order valence-electron chi connectivity index (χ4n) is 3.92. The van der Waals surface area contributed by atoms with Gasteiger partial charge in [-0.05, 0) is 36.4 Å². The van der Waals surface area contributed by atoms with E-state index in [0.717, 1.165) is 10.2 Å². The normalized spacial score (nSPS) is 17.9. The van der Waals surface area contributed by atoms with Gasteiger partial charge < -0.3 is 14.0 Å². The predicted molar refractivity (Wildman–Crippen MR) is 129 cm³/mol. The second kappa shape index (κ2) is 9.80. The van der Waals surface area contributed by atoms with Crippen LogP contribution in [0.1, 0.15) is 12.8 Å². The van der Waals surface area contributed by atoms with Crippen LogP contribution >= 0.6 is 22.7 Å². The second-order valence-corrected chi connectivity index (χ2v) is 11.6. The molecular formula is C22H25N3O5S3. The molecule has 0 spiro atoms. The van der Waals surface area contributed by atoms with E-state index in [4.69, 9.17) is 9.47 Å². The first-order chi connectivity index (χ1) is 15.9. The van der Waals surface area contributed by atoms with Crippen molar-refractivity contribution >= 4 is 48.8 Å². The van der Waals surface area contributed by atoms with Gasteiger partial charge in [-0.1, -0.05) is 23.5 Å². The fourth-order valence-corrected chi connectivity index (χ4v) is 7.75. The highest BCUT2D eigenvalue weighted by Gasteiger charge is 2.34. The number of fused-ring (bicyclic) bond motifs is 1. The van der Waals surface area contributed by atoms with Crippen LogP contribution in [0.2, 0.25) is 0 Å². The van der Waals surface area contributed by atoms with E-state index in [1.54, 1.807) is 37.8 Å². The molecule has 33 heavy (non-hydrogen) atoms. The zero-order chi connectivity index (χ0) is 23.6. The van der Waals surface area contributed by atoms with Crippen molar-refractivity contribution in [1.29, 1.82) is 0 Å². The number of hydrogen-bond donors (Lipinski definition) is 0. The molecule has 3 heterocycles. The quantitative estimate of drug-likeness (QED) is 0.457. The van der Waals surface area contributed by atoms with Crippen molar-refractivity contribution in [3.05, 3.63) is 47.1 Å². The first-order valence-electron chi connectivity index (χ1n) is 10.4. The molecule has 1 amide bonds. The zero-order valence-electron chi connectivity index (χ0n) is 18.4. The maximum Gasteiger partial charge on any atom is 0.252 e. The van der Waals surface area contributed by atoms with Gasteiger partial charge in [0.2, 0.25) is 0 Å². The molecule has 1 aliphatic heterocycles. The summed E-state index contributed by atoms with van der Waals surface area (Å²) in [5.74, 6) is 0.472. The minimum atomic E-state index is -3.60. The number of ether oxygens (including phenoxy) is 2. The number of aromatic nitrogens is 1. The fraction of sp³-hybridized carbons (Fsp3) is 0.364. The van der Waals surface area contributed by atoms with E-state index in [1.165, 1.54) is 27.0 Å². The molecule has 0 N–H and O–H groups in total. The molecule has 1 saturated heterocycles. The highest BCUT2D eigenvalue weighted by Crippen LogP contribution is 2.35. The van der Waals surface area contributed by atoms with Gasteiger partial charge in [0, 0.05) is 19.6 Å². The Labute approximate surface area is 200 Å². The van der Waals surface area contributed by atoms with Crippen LogP contribution < -0.4 is 14.3 Å². The van der Waals surface area contributed by atoms with E-state index in [0.29, 0.717) is 46.4 Å². The summed E-state index contributed by atoms with van der Waals surface area (Å²) < 4.78 is 41.3. The lowest BCUT2D eigenvalue weighted by atomic mass is 9.99. The van der Waals surface area contributed by atoms with E-state index in [-0.39, 0.29) is 12.5 Å². The smallest absolute Gasteiger partial charge is 0.252 e. The number of benzene rings is 1. The lowest BCUT2D eigenvalue weighted by Gasteiger charge is -2.29. The molecule has 1 fully saturated rings. The maximum atomic E-state index is 13.2. The van der Waals surface area contributed by atoms with Crippen LogP contribution in [0.3, 0.4) is 0 Å². The molecule has 11 heteroatoms. The van der Waals surface area contributed by atoms with Gasteiger partial charge in [0.05, 0.1) is 20.1 Å². The molecule has 0 bridgehead atoms. The molecule has 3 aromatic rings. The summed E-state index contributed by atoms with van der Waals surface area (Å²) >= 11 is 2.51. The van der Waals surface area contributed by atoms with Crippen LogP contribution in [0, 0.1) is 5.92 Å². The van der Waals surface area contributed by atoms with Crippen LogP contribution in [0.25, 0.3) is 10.2 Å². The number of allylic oxidation sites excluding steroid dienone is 1. The second-order valence-electron chi connectivity index (χ2n) is 7.52. The third kappa shape index (κ3) is 4.50. The van der Waals surface area contributed by atoms with Gasteiger partial charge in [-0.25, -0.2) is 8.42 Å². The number of thiophene rings is 1. The summed E-state index contributed by atoms with van der Waals surface area (Å²) in [6, 6.07) is 6.93. The molecule has 2 aromatic heterocycles. The standard InChI is InChI=1S/C22H25N3O5S3/c1-4-11-25-19-16(29-2)9-10-17(30-3)20(19)32-22(25)23-21(26)15-7-5-12-24(14-15)33(27,28)18-8-6-13-31-18/h4,6,8-10,13,15H,1,5,7,11-12,14H2,2-3H3. The molecule has 0 saturated carbocycles. The Morgan fingerprint density at radius 3 is 2.70 bits per heavy atom. The minimum absolute atomic E-state index is 0.127. The van der Waals surface area contributed by atoms with Gasteiger partial charge in [-0.3, -0.25) is 4.79 Å². The maximum absolute atomic E-state index is 13.2. The Bertz CT molecular complexity index is 1340. The predicted octanol–water partition coefficient (Wildman–Crippen LogP) is 3.50. The Kier molecular flexibility index (Phi) is 7.03. The van der Waals surface area contributed by atoms with E-state index in [2.05, 4.69) is 11.6 Å². The largest absolute Gasteiger partial charge is 0.495 e. The number of piperidine rings is 1. The number of thiazole rings is 1. The van der Waals surface area contributed by atoms with E-state index < -0.39 is 15.9 Å². The topological polar surface area (TPSA) is 90.2 Å². The lowest BCUT2D eigenvalue weighted by Crippen LogP contribution is -2.42.